The van der Waals surface area contributed by atoms with Crippen LogP contribution >= 0.6 is 0 Å². The topological polar surface area (TPSA) is 46.9 Å². The Labute approximate surface area is 112 Å². The van der Waals surface area contributed by atoms with Gasteiger partial charge in [0.05, 0.1) is 12.2 Å². The molecule has 1 rings (SSSR count). The van der Waals surface area contributed by atoms with Crippen molar-refractivity contribution < 1.29 is 10.2 Å². The molecule has 4 heteroatoms. The van der Waals surface area contributed by atoms with Gasteiger partial charge in [-0.2, -0.15) is 0 Å². The zero-order valence-electron chi connectivity index (χ0n) is 12.6. The molecule has 18 heavy (non-hydrogen) atoms. The second-order valence-electron chi connectivity index (χ2n) is 6.97. The Morgan fingerprint density at radius 3 is 2.44 bits per heavy atom. The summed E-state index contributed by atoms with van der Waals surface area (Å²) < 4.78 is 0. The largest absolute Gasteiger partial charge is 0.393 e. The van der Waals surface area contributed by atoms with Crippen LogP contribution in [0.4, 0.5) is 0 Å². The van der Waals surface area contributed by atoms with E-state index in [9.17, 15) is 10.2 Å². The van der Waals surface area contributed by atoms with Gasteiger partial charge in [0.2, 0.25) is 0 Å². The van der Waals surface area contributed by atoms with E-state index in [1.165, 1.54) is 0 Å². The first-order valence-corrected chi connectivity index (χ1v) is 6.95. The molecular weight excluding hydrogens is 228 g/mol. The molecule has 1 fully saturated rings. The van der Waals surface area contributed by atoms with Crippen molar-refractivity contribution in [3.8, 4) is 0 Å². The molecule has 0 amide bonds. The third-order valence-corrected chi connectivity index (χ3v) is 3.77. The van der Waals surface area contributed by atoms with Crippen LogP contribution in [0, 0.1) is 5.41 Å². The number of likely N-dealkylation sites (N-methyl/N-ethyl adjacent to an activating group) is 1. The highest BCUT2D eigenvalue weighted by atomic mass is 16.3. The van der Waals surface area contributed by atoms with Gasteiger partial charge in [-0.3, -0.25) is 4.90 Å². The van der Waals surface area contributed by atoms with E-state index in [0.29, 0.717) is 6.04 Å². The van der Waals surface area contributed by atoms with Crippen LogP contribution in [0.5, 0.6) is 0 Å². The molecule has 2 N–H and O–H groups in total. The summed E-state index contributed by atoms with van der Waals surface area (Å²) >= 11 is 0. The minimum atomic E-state index is -0.282. The first kappa shape index (κ1) is 15.9. The number of nitrogens with zero attached hydrogens (tertiary/aromatic N) is 2. The predicted molar refractivity (Wildman–Crippen MR) is 74.6 cm³/mol. The van der Waals surface area contributed by atoms with E-state index in [1.54, 1.807) is 0 Å². The lowest BCUT2D eigenvalue weighted by atomic mass is 9.87. The van der Waals surface area contributed by atoms with Crippen LogP contribution in [0.25, 0.3) is 0 Å². The molecule has 0 spiro atoms. The summed E-state index contributed by atoms with van der Waals surface area (Å²) in [5, 5.41) is 19.9. The molecule has 0 aromatic carbocycles. The van der Waals surface area contributed by atoms with Gasteiger partial charge < -0.3 is 15.1 Å². The number of likely N-dealkylation sites (tertiary alicyclic amines) is 1. The van der Waals surface area contributed by atoms with Crippen LogP contribution in [-0.4, -0.2) is 72.0 Å². The van der Waals surface area contributed by atoms with Gasteiger partial charge in [-0.25, -0.2) is 0 Å². The van der Waals surface area contributed by atoms with Crippen LogP contribution in [0.2, 0.25) is 0 Å². The van der Waals surface area contributed by atoms with Crippen molar-refractivity contribution in [1.29, 1.82) is 0 Å². The fourth-order valence-corrected chi connectivity index (χ4v) is 2.56. The van der Waals surface area contributed by atoms with Crippen molar-refractivity contribution >= 4 is 0 Å². The summed E-state index contributed by atoms with van der Waals surface area (Å²) in [6.07, 6.45) is 1.14. The fourth-order valence-electron chi connectivity index (χ4n) is 2.56. The Balaban J connectivity index is 2.44. The van der Waals surface area contributed by atoms with Crippen molar-refractivity contribution in [3.05, 3.63) is 0 Å². The average Bonchev–Trinajstić information content (AvgIpc) is 2.52. The van der Waals surface area contributed by atoms with E-state index >= 15 is 0 Å². The van der Waals surface area contributed by atoms with Crippen LogP contribution in [0.15, 0.2) is 0 Å². The quantitative estimate of drug-likeness (QED) is 0.765. The van der Waals surface area contributed by atoms with Crippen molar-refractivity contribution in [3.63, 3.8) is 0 Å². The highest BCUT2D eigenvalue weighted by Crippen LogP contribution is 2.24. The normalized spacial score (nSPS) is 28.0. The number of rotatable bonds is 5. The van der Waals surface area contributed by atoms with E-state index in [0.717, 1.165) is 32.5 Å². The van der Waals surface area contributed by atoms with Crippen LogP contribution in [0.1, 0.15) is 33.6 Å². The lowest BCUT2D eigenvalue weighted by Gasteiger charge is -2.30. The minimum absolute atomic E-state index is 0.0601. The highest BCUT2D eigenvalue weighted by molar-refractivity contribution is 4.87. The number of hydrogen-bond donors (Lipinski definition) is 2. The average molecular weight is 258 g/mol. The van der Waals surface area contributed by atoms with E-state index in [2.05, 4.69) is 44.7 Å². The summed E-state index contributed by atoms with van der Waals surface area (Å²) in [7, 11) is 4.12. The molecule has 1 saturated heterocycles. The lowest BCUT2D eigenvalue weighted by molar-refractivity contribution is 0.0422. The van der Waals surface area contributed by atoms with Gasteiger partial charge in [0.15, 0.2) is 0 Å². The second-order valence-corrected chi connectivity index (χ2v) is 6.97. The zero-order chi connectivity index (χ0) is 13.9. The van der Waals surface area contributed by atoms with Crippen molar-refractivity contribution in [2.45, 2.75) is 51.9 Å². The van der Waals surface area contributed by atoms with E-state index < -0.39 is 0 Å². The van der Waals surface area contributed by atoms with Crippen LogP contribution in [0.3, 0.4) is 0 Å². The lowest BCUT2D eigenvalue weighted by Crippen LogP contribution is -2.40. The van der Waals surface area contributed by atoms with Crippen molar-refractivity contribution in [1.82, 2.24) is 9.80 Å². The maximum absolute atomic E-state index is 10.1. The molecule has 0 radical (unpaired) electrons. The van der Waals surface area contributed by atoms with E-state index in [1.807, 2.05) is 0 Å². The van der Waals surface area contributed by atoms with Gasteiger partial charge in [-0.1, -0.05) is 20.8 Å². The third-order valence-electron chi connectivity index (χ3n) is 3.77. The van der Waals surface area contributed by atoms with E-state index in [4.69, 9.17) is 0 Å². The van der Waals surface area contributed by atoms with Crippen molar-refractivity contribution in [2.24, 2.45) is 5.41 Å². The second kappa shape index (κ2) is 6.33. The molecule has 108 valence electrons. The van der Waals surface area contributed by atoms with Crippen LogP contribution in [-0.2, 0) is 0 Å². The van der Waals surface area contributed by atoms with Gasteiger partial charge in [-0.15, -0.1) is 0 Å². The maximum atomic E-state index is 10.1. The SMILES string of the molecule is CN(C)CC1CC(O)CN1CCC(O)C(C)(C)C. The molecule has 0 aromatic rings. The zero-order valence-corrected chi connectivity index (χ0v) is 12.6. The molecule has 0 aromatic heterocycles. The number of aliphatic hydroxyl groups excluding tert-OH is 2. The minimum Gasteiger partial charge on any atom is -0.393 e. The Kier molecular flexibility index (Phi) is 5.59. The first-order chi connectivity index (χ1) is 8.20. The summed E-state index contributed by atoms with van der Waals surface area (Å²) in [6, 6.07) is 0.419. The Morgan fingerprint density at radius 1 is 1.33 bits per heavy atom. The smallest absolute Gasteiger partial charge is 0.0682 e. The highest BCUT2D eigenvalue weighted by Gasteiger charge is 2.32. The molecular formula is C14H30N2O2. The summed E-state index contributed by atoms with van der Waals surface area (Å²) in [6.45, 7) is 8.78. The fraction of sp³-hybridized carbons (Fsp3) is 1.00. The maximum Gasteiger partial charge on any atom is 0.0682 e. The summed E-state index contributed by atoms with van der Waals surface area (Å²) in [4.78, 5) is 4.48. The molecule has 3 atom stereocenters. The van der Waals surface area contributed by atoms with Gasteiger partial charge >= 0.3 is 0 Å². The third kappa shape index (κ3) is 4.84. The van der Waals surface area contributed by atoms with E-state index in [-0.39, 0.29) is 17.6 Å². The van der Waals surface area contributed by atoms with Gasteiger partial charge in [0, 0.05) is 25.7 Å². The molecule has 1 aliphatic heterocycles. The molecule has 0 saturated carbocycles. The molecule has 4 nitrogen and oxygen atoms in total. The van der Waals surface area contributed by atoms with Crippen LogP contribution < -0.4 is 0 Å². The van der Waals surface area contributed by atoms with Gasteiger partial charge in [0.1, 0.15) is 0 Å². The predicted octanol–water partition coefficient (Wildman–Crippen LogP) is 0.780. The first-order valence-electron chi connectivity index (χ1n) is 6.95. The molecule has 3 unspecified atom stereocenters. The monoisotopic (exact) mass is 258 g/mol. The molecule has 1 heterocycles. The summed E-state index contributed by atoms with van der Waals surface area (Å²) in [5.74, 6) is 0. The summed E-state index contributed by atoms with van der Waals surface area (Å²) in [5.41, 5.74) is -0.0601. The van der Waals surface area contributed by atoms with Gasteiger partial charge in [-0.05, 0) is 32.4 Å². The Hall–Kier alpha value is -0.160. The standard InChI is InChI=1S/C14H30N2O2/c1-14(2,3)13(18)6-7-16-10-12(17)8-11(16)9-15(4)5/h11-13,17-18H,6-10H2,1-5H3. The van der Waals surface area contributed by atoms with Gasteiger partial charge in [0.25, 0.3) is 0 Å². The Bertz CT molecular complexity index is 251. The number of aliphatic hydroxyl groups is 2. The molecule has 0 bridgehead atoms. The number of hydrogen-bond acceptors (Lipinski definition) is 4. The van der Waals surface area contributed by atoms with Crippen molar-refractivity contribution in [2.75, 3.05) is 33.7 Å². The molecule has 1 aliphatic rings. The number of β-amino-alcohol motifs (C(OH)–C–C–N with tert-alkyl or cyclic N) is 1. The molecule has 0 aliphatic carbocycles. The Morgan fingerprint density at radius 2 is 1.94 bits per heavy atom.